The van der Waals surface area contributed by atoms with Crippen molar-refractivity contribution < 1.29 is 49.1 Å². The smallest absolute Gasteiger partial charge is 0.335 e. The summed E-state index contributed by atoms with van der Waals surface area (Å²) in [6.07, 6.45) is 7.49. The van der Waals surface area contributed by atoms with Crippen molar-refractivity contribution in [2.24, 2.45) is 17.3 Å². The number of hydrogen-bond donors (Lipinski definition) is 4. The van der Waals surface area contributed by atoms with Gasteiger partial charge in [0.1, 0.15) is 12.7 Å². The minimum Gasteiger partial charge on any atom is -0.478 e. The van der Waals surface area contributed by atoms with Crippen molar-refractivity contribution in [3.63, 3.8) is 0 Å². The van der Waals surface area contributed by atoms with E-state index in [2.05, 4.69) is 6.58 Å². The average molecular weight is 611 g/mol. The van der Waals surface area contributed by atoms with Gasteiger partial charge in [-0.15, -0.1) is 0 Å². The van der Waals surface area contributed by atoms with Crippen LogP contribution >= 0.6 is 0 Å². The van der Waals surface area contributed by atoms with Gasteiger partial charge in [0.25, 0.3) is 0 Å². The fourth-order valence-corrected chi connectivity index (χ4v) is 4.35. The van der Waals surface area contributed by atoms with Crippen LogP contribution in [0.4, 0.5) is 0 Å². The van der Waals surface area contributed by atoms with Gasteiger partial charge in [-0.1, -0.05) is 88.1 Å². The summed E-state index contributed by atoms with van der Waals surface area (Å²) in [7, 11) is 0. The number of ether oxygens (including phenoxy) is 2. The first-order valence-electron chi connectivity index (χ1n) is 14.5. The van der Waals surface area contributed by atoms with E-state index in [0.717, 1.165) is 0 Å². The first-order valence-corrected chi connectivity index (χ1v) is 14.5. The molecule has 1 heterocycles. The van der Waals surface area contributed by atoms with Crippen LogP contribution in [-0.2, 0) is 28.7 Å². The van der Waals surface area contributed by atoms with Crippen molar-refractivity contribution in [3.8, 4) is 0 Å². The number of aliphatic carboxylic acids is 3. The molecule has 1 fully saturated rings. The highest BCUT2D eigenvalue weighted by atomic mass is 16.6. The van der Waals surface area contributed by atoms with E-state index in [0.29, 0.717) is 18.6 Å². The lowest BCUT2D eigenvalue weighted by atomic mass is 9.75. The summed E-state index contributed by atoms with van der Waals surface area (Å²) >= 11 is 0. The highest BCUT2D eigenvalue weighted by Crippen LogP contribution is 2.39. The predicted octanol–water partition coefficient (Wildman–Crippen LogP) is 5.06. The number of carboxylic acid groups (broad SMARTS) is 3. The molecule has 0 spiro atoms. The van der Waals surface area contributed by atoms with Crippen LogP contribution in [0.25, 0.3) is 6.08 Å². The number of benzene rings is 1. The number of carbonyl (C=O) groups excluding carboxylic acids is 1. The lowest BCUT2D eigenvalue weighted by Crippen LogP contribution is -2.27. The van der Waals surface area contributed by atoms with Gasteiger partial charge >= 0.3 is 23.9 Å². The summed E-state index contributed by atoms with van der Waals surface area (Å²) in [5.41, 5.74) is -1.80. The number of epoxide rings is 1. The number of aliphatic hydroxyl groups is 1. The van der Waals surface area contributed by atoms with E-state index in [-0.39, 0.29) is 66.8 Å². The van der Waals surface area contributed by atoms with Gasteiger partial charge in [-0.25, -0.2) is 19.2 Å². The van der Waals surface area contributed by atoms with E-state index in [1.807, 2.05) is 19.9 Å². The van der Waals surface area contributed by atoms with E-state index in [1.165, 1.54) is 31.2 Å². The molecule has 0 amide bonds. The Labute approximate surface area is 257 Å². The van der Waals surface area contributed by atoms with Crippen molar-refractivity contribution in [2.75, 3.05) is 19.8 Å². The molecule has 0 aromatic heterocycles. The maximum Gasteiger partial charge on any atom is 0.335 e. The van der Waals surface area contributed by atoms with Crippen LogP contribution in [0.2, 0.25) is 0 Å². The van der Waals surface area contributed by atoms with Gasteiger partial charge in [0, 0.05) is 34.8 Å². The molecule has 0 radical (unpaired) electrons. The van der Waals surface area contributed by atoms with E-state index in [1.54, 1.807) is 30.3 Å². The summed E-state index contributed by atoms with van der Waals surface area (Å²) in [5, 5.41) is 39.4. The molecule has 3 atom stereocenters. The molecule has 10 heteroatoms. The van der Waals surface area contributed by atoms with Gasteiger partial charge < -0.3 is 29.9 Å². The second-order valence-corrected chi connectivity index (χ2v) is 11.1. The van der Waals surface area contributed by atoms with Crippen LogP contribution in [0.15, 0.2) is 83.5 Å². The topological polar surface area (TPSA) is 171 Å². The summed E-state index contributed by atoms with van der Waals surface area (Å²) in [4.78, 5) is 50.4. The molecule has 0 saturated carbocycles. The summed E-state index contributed by atoms with van der Waals surface area (Å²) in [6, 6.07) is 8.93. The third kappa shape index (κ3) is 11.4. The van der Waals surface area contributed by atoms with Gasteiger partial charge in [-0.05, 0) is 37.2 Å². The number of hydrogen-bond acceptors (Lipinski definition) is 7. The van der Waals surface area contributed by atoms with Gasteiger partial charge in [-0.2, -0.15) is 0 Å². The molecule has 0 bridgehead atoms. The Bertz CT molecular complexity index is 1310. The van der Waals surface area contributed by atoms with Gasteiger partial charge in [0.05, 0.1) is 12.0 Å². The maximum absolute atomic E-state index is 13.4. The molecule has 1 aromatic rings. The van der Waals surface area contributed by atoms with Crippen molar-refractivity contribution >= 4 is 30.0 Å². The Morgan fingerprint density at radius 2 is 1.64 bits per heavy atom. The quantitative estimate of drug-likeness (QED) is 0.0942. The van der Waals surface area contributed by atoms with Crippen molar-refractivity contribution in [1.82, 2.24) is 0 Å². The Morgan fingerprint density at radius 3 is 2.16 bits per heavy atom. The standard InChI is InChI=1S/C34H42O10/c1-22(2)12-13-27(31(38)39)18-34(15-14-25-9-6-5-7-10-25,24(4)33(42)44-21-28-20-43-28)19-29(32(40)41)23(3)17-26(30(36)37)11-8-16-35/h5-7,9-10,14-15,17-19,22-23,28,35H,4,8,11-13,16,20-21H2,1-3H3,(H,36,37)(H,38,39)(H,40,41). The zero-order valence-corrected chi connectivity index (χ0v) is 25.4. The third-order valence-corrected chi connectivity index (χ3v) is 7.06. The number of allylic oxidation sites excluding steroid dienone is 4. The molecule has 10 nitrogen and oxygen atoms in total. The molecular formula is C34H42O10. The summed E-state index contributed by atoms with van der Waals surface area (Å²) in [6.45, 7) is 9.44. The van der Waals surface area contributed by atoms with Crippen LogP contribution in [-0.4, -0.2) is 70.2 Å². The van der Waals surface area contributed by atoms with Gasteiger partial charge in [-0.3, -0.25) is 0 Å². The lowest BCUT2D eigenvalue weighted by molar-refractivity contribution is -0.140. The summed E-state index contributed by atoms with van der Waals surface area (Å²) < 4.78 is 10.5. The molecule has 238 valence electrons. The number of rotatable bonds is 19. The molecule has 4 N–H and O–H groups in total. The highest BCUT2D eigenvalue weighted by molar-refractivity contribution is 5.95. The highest BCUT2D eigenvalue weighted by Gasteiger charge is 2.36. The fraction of sp³-hybridized carbons (Fsp3) is 0.412. The maximum atomic E-state index is 13.4. The lowest BCUT2D eigenvalue weighted by Gasteiger charge is -2.28. The molecule has 0 aliphatic carbocycles. The first-order chi connectivity index (χ1) is 20.8. The molecule has 1 aliphatic rings. The minimum absolute atomic E-state index is 0.00264. The predicted molar refractivity (Wildman–Crippen MR) is 164 cm³/mol. The van der Waals surface area contributed by atoms with E-state index < -0.39 is 35.2 Å². The molecule has 3 unspecified atom stereocenters. The molecule has 44 heavy (non-hydrogen) atoms. The van der Waals surface area contributed by atoms with E-state index >= 15 is 0 Å². The van der Waals surface area contributed by atoms with Crippen molar-refractivity contribution in [2.45, 2.75) is 52.6 Å². The Balaban J connectivity index is 2.88. The van der Waals surface area contributed by atoms with Crippen LogP contribution < -0.4 is 0 Å². The second kappa shape index (κ2) is 17.1. The van der Waals surface area contributed by atoms with E-state index in [4.69, 9.17) is 9.47 Å². The van der Waals surface area contributed by atoms with Gasteiger partial charge in [0.2, 0.25) is 0 Å². The zero-order valence-electron chi connectivity index (χ0n) is 25.4. The van der Waals surface area contributed by atoms with Crippen LogP contribution in [0.3, 0.4) is 0 Å². The first kappa shape index (κ1) is 35.9. The number of carbonyl (C=O) groups is 4. The largest absolute Gasteiger partial charge is 0.478 e. The molecule has 1 saturated heterocycles. The fourth-order valence-electron chi connectivity index (χ4n) is 4.35. The van der Waals surface area contributed by atoms with E-state index in [9.17, 15) is 39.6 Å². The number of esters is 1. The molecule has 1 aromatic carbocycles. The van der Waals surface area contributed by atoms with Crippen molar-refractivity contribution in [3.05, 3.63) is 89.1 Å². The Kier molecular flexibility index (Phi) is 14.0. The Morgan fingerprint density at radius 1 is 1.00 bits per heavy atom. The summed E-state index contributed by atoms with van der Waals surface area (Å²) in [5.74, 6) is -5.63. The average Bonchev–Trinajstić information content (AvgIpc) is 3.81. The third-order valence-electron chi connectivity index (χ3n) is 7.06. The molecule has 2 rings (SSSR count). The minimum atomic E-state index is -1.80. The molecule has 1 aliphatic heterocycles. The second-order valence-electron chi connectivity index (χ2n) is 11.1. The van der Waals surface area contributed by atoms with Crippen molar-refractivity contribution in [1.29, 1.82) is 0 Å². The monoisotopic (exact) mass is 610 g/mol. The van der Waals surface area contributed by atoms with Gasteiger partial charge in [0.15, 0.2) is 0 Å². The SMILES string of the molecule is C=C(C(=O)OCC1CO1)C(C=Cc1ccccc1)(C=C(CCC(C)C)C(=O)O)C=C(C(=O)O)C(C)C=C(CCCO)C(=O)O. The van der Waals surface area contributed by atoms with Crippen LogP contribution in [0.1, 0.15) is 52.0 Å². The van der Waals surface area contributed by atoms with Crippen LogP contribution in [0, 0.1) is 17.3 Å². The van der Waals surface area contributed by atoms with Crippen LogP contribution in [0.5, 0.6) is 0 Å². The zero-order chi connectivity index (χ0) is 32.9. The normalized spacial score (nSPS) is 17.7. The number of aliphatic hydroxyl groups excluding tert-OH is 1. The number of carboxylic acids is 3. The molecular weight excluding hydrogens is 568 g/mol. The Hall–Kier alpha value is -4.28.